The quantitative estimate of drug-likeness (QED) is 0.796. The lowest BCUT2D eigenvalue weighted by molar-refractivity contribution is -0.121. The van der Waals surface area contributed by atoms with Crippen LogP contribution in [0.1, 0.15) is 37.6 Å². The average molecular weight is 266 g/mol. The van der Waals surface area contributed by atoms with E-state index in [2.05, 4.69) is 35.9 Å². The van der Waals surface area contributed by atoms with Crippen LogP contribution in [0.25, 0.3) is 0 Å². The Morgan fingerprint density at radius 3 is 2.83 bits per heavy atom. The van der Waals surface area contributed by atoms with Gasteiger partial charge in [-0.05, 0) is 42.7 Å². The topological polar surface area (TPSA) is 41.1 Å². The number of amides is 1. The van der Waals surface area contributed by atoms with E-state index in [1.54, 1.807) is 11.3 Å². The molecule has 1 aliphatic carbocycles. The van der Waals surface area contributed by atoms with Crippen molar-refractivity contribution in [3.05, 3.63) is 22.4 Å². The van der Waals surface area contributed by atoms with Gasteiger partial charge >= 0.3 is 0 Å². The van der Waals surface area contributed by atoms with E-state index < -0.39 is 0 Å². The maximum atomic E-state index is 11.9. The average Bonchev–Trinajstić information content (AvgIpc) is 2.99. The van der Waals surface area contributed by atoms with Gasteiger partial charge in [0.1, 0.15) is 0 Å². The Kier molecular flexibility index (Phi) is 4.78. The molecule has 18 heavy (non-hydrogen) atoms. The summed E-state index contributed by atoms with van der Waals surface area (Å²) in [5.74, 6) is 1.33. The third kappa shape index (κ3) is 4.10. The fourth-order valence-electron chi connectivity index (χ4n) is 1.97. The van der Waals surface area contributed by atoms with Crippen LogP contribution in [0.5, 0.6) is 0 Å². The number of thiophene rings is 1. The van der Waals surface area contributed by atoms with Gasteiger partial charge in [0.05, 0.1) is 12.6 Å². The molecule has 0 aliphatic heterocycles. The fraction of sp³-hybridized carbons (Fsp3) is 0.643. The lowest BCUT2D eigenvalue weighted by Crippen LogP contribution is -2.38. The molecule has 1 aromatic heterocycles. The number of carbonyl (C=O) groups excluding carboxylic acids is 1. The highest BCUT2D eigenvalue weighted by atomic mass is 32.1. The SMILES string of the molecule is CC(C)C(NC(=O)CNCC1CC1)c1cccs1. The largest absolute Gasteiger partial charge is 0.347 e. The molecule has 2 rings (SSSR count). The Hall–Kier alpha value is -0.870. The third-order valence-corrected chi connectivity index (χ3v) is 4.20. The summed E-state index contributed by atoms with van der Waals surface area (Å²) in [4.78, 5) is 13.1. The first-order valence-corrected chi connectivity index (χ1v) is 7.58. The van der Waals surface area contributed by atoms with E-state index in [4.69, 9.17) is 0 Å². The Morgan fingerprint density at radius 2 is 2.28 bits per heavy atom. The molecule has 1 aliphatic rings. The number of carbonyl (C=O) groups is 1. The predicted octanol–water partition coefficient (Wildman–Crippen LogP) is 2.56. The van der Waals surface area contributed by atoms with Gasteiger partial charge in [-0.2, -0.15) is 0 Å². The Bertz CT molecular complexity index is 371. The second kappa shape index (κ2) is 6.34. The minimum Gasteiger partial charge on any atom is -0.347 e. The molecule has 1 heterocycles. The molecular weight excluding hydrogens is 244 g/mol. The lowest BCUT2D eigenvalue weighted by Gasteiger charge is -2.21. The van der Waals surface area contributed by atoms with Gasteiger partial charge in [0.25, 0.3) is 0 Å². The van der Waals surface area contributed by atoms with Gasteiger partial charge in [-0.25, -0.2) is 0 Å². The first-order valence-electron chi connectivity index (χ1n) is 6.70. The number of hydrogen-bond donors (Lipinski definition) is 2. The zero-order chi connectivity index (χ0) is 13.0. The van der Waals surface area contributed by atoms with Gasteiger partial charge < -0.3 is 10.6 Å². The molecule has 1 amide bonds. The van der Waals surface area contributed by atoms with Crippen LogP contribution >= 0.6 is 11.3 Å². The van der Waals surface area contributed by atoms with Gasteiger partial charge in [-0.1, -0.05) is 19.9 Å². The van der Waals surface area contributed by atoms with Crippen LogP contribution < -0.4 is 10.6 Å². The maximum absolute atomic E-state index is 11.9. The van der Waals surface area contributed by atoms with Gasteiger partial charge in [0.2, 0.25) is 5.91 Å². The molecule has 1 fully saturated rings. The normalized spacial score (nSPS) is 16.8. The highest BCUT2D eigenvalue weighted by molar-refractivity contribution is 7.10. The summed E-state index contributed by atoms with van der Waals surface area (Å²) < 4.78 is 0. The molecule has 1 atom stereocenters. The molecular formula is C14H22N2OS. The number of nitrogens with one attached hydrogen (secondary N) is 2. The van der Waals surface area contributed by atoms with E-state index in [0.717, 1.165) is 12.5 Å². The molecule has 100 valence electrons. The van der Waals surface area contributed by atoms with Crippen LogP contribution in [0.3, 0.4) is 0 Å². The van der Waals surface area contributed by atoms with E-state index in [9.17, 15) is 4.79 Å². The van der Waals surface area contributed by atoms with Gasteiger partial charge in [0, 0.05) is 4.88 Å². The number of hydrogen-bond acceptors (Lipinski definition) is 3. The van der Waals surface area contributed by atoms with E-state index >= 15 is 0 Å². The first kappa shape index (κ1) is 13.6. The molecule has 0 spiro atoms. The Labute approximate surface area is 113 Å². The summed E-state index contributed by atoms with van der Waals surface area (Å²) in [6.45, 7) is 5.70. The van der Waals surface area contributed by atoms with Crippen LogP contribution in [0.4, 0.5) is 0 Å². The molecule has 3 nitrogen and oxygen atoms in total. The van der Waals surface area contributed by atoms with Crippen LogP contribution in [0, 0.1) is 11.8 Å². The summed E-state index contributed by atoms with van der Waals surface area (Å²) in [6, 6.07) is 4.26. The fourth-order valence-corrected chi connectivity index (χ4v) is 2.92. The molecule has 0 aromatic carbocycles. The monoisotopic (exact) mass is 266 g/mol. The summed E-state index contributed by atoms with van der Waals surface area (Å²) >= 11 is 1.70. The van der Waals surface area contributed by atoms with E-state index in [1.807, 2.05) is 6.07 Å². The Morgan fingerprint density at radius 1 is 1.50 bits per heavy atom. The summed E-state index contributed by atoms with van der Waals surface area (Å²) in [5.41, 5.74) is 0. The van der Waals surface area contributed by atoms with Crippen molar-refractivity contribution in [1.29, 1.82) is 0 Å². The minimum atomic E-state index is 0.0998. The molecule has 0 bridgehead atoms. The molecule has 1 aromatic rings. The lowest BCUT2D eigenvalue weighted by atomic mass is 10.0. The second-order valence-corrected chi connectivity index (χ2v) is 6.36. The highest BCUT2D eigenvalue weighted by Gasteiger charge is 2.22. The van der Waals surface area contributed by atoms with Crippen molar-refractivity contribution < 1.29 is 4.79 Å². The highest BCUT2D eigenvalue weighted by Crippen LogP contribution is 2.27. The van der Waals surface area contributed by atoms with Crippen LogP contribution in [0.2, 0.25) is 0 Å². The van der Waals surface area contributed by atoms with Crippen molar-refractivity contribution in [2.24, 2.45) is 11.8 Å². The molecule has 0 saturated heterocycles. The zero-order valence-electron chi connectivity index (χ0n) is 11.1. The summed E-state index contributed by atoms with van der Waals surface area (Å²) in [5, 5.41) is 8.41. The zero-order valence-corrected chi connectivity index (χ0v) is 11.9. The van der Waals surface area contributed by atoms with Crippen molar-refractivity contribution in [1.82, 2.24) is 10.6 Å². The third-order valence-electron chi connectivity index (χ3n) is 3.25. The predicted molar refractivity (Wildman–Crippen MR) is 75.6 cm³/mol. The standard InChI is InChI=1S/C14H22N2OS/c1-10(2)14(12-4-3-7-18-12)16-13(17)9-15-8-11-5-6-11/h3-4,7,10-11,14-15H,5-6,8-9H2,1-2H3,(H,16,17). The number of rotatable bonds is 7. The van der Waals surface area contributed by atoms with Gasteiger partial charge in [-0.15, -0.1) is 11.3 Å². The minimum absolute atomic E-state index is 0.0998. The van der Waals surface area contributed by atoms with Gasteiger partial charge in [0.15, 0.2) is 0 Å². The maximum Gasteiger partial charge on any atom is 0.234 e. The van der Waals surface area contributed by atoms with Crippen molar-refractivity contribution in [2.75, 3.05) is 13.1 Å². The van der Waals surface area contributed by atoms with Crippen molar-refractivity contribution >= 4 is 17.2 Å². The first-order chi connectivity index (χ1) is 8.66. The van der Waals surface area contributed by atoms with Crippen LogP contribution in [0.15, 0.2) is 17.5 Å². The van der Waals surface area contributed by atoms with Crippen LogP contribution in [-0.2, 0) is 4.79 Å². The second-order valence-electron chi connectivity index (χ2n) is 5.38. The molecule has 1 saturated carbocycles. The molecule has 2 N–H and O–H groups in total. The summed E-state index contributed by atoms with van der Waals surface area (Å²) in [7, 11) is 0. The smallest absolute Gasteiger partial charge is 0.234 e. The summed E-state index contributed by atoms with van der Waals surface area (Å²) in [6.07, 6.45) is 2.64. The van der Waals surface area contributed by atoms with E-state index in [-0.39, 0.29) is 11.9 Å². The van der Waals surface area contributed by atoms with E-state index in [0.29, 0.717) is 12.5 Å². The van der Waals surface area contributed by atoms with Crippen molar-refractivity contribution in [3.8, 4) is 0 Å². The van der Waals surface area contributed by atoms with Crippen molar-refractivity contribution in [2.45, 2.75) is 32.7 Å². The van der Waals surface area contributed by atoms with E-state index in [1.165, 1.54) is 17.7 Å². The van der Waals surface area contributed by atoms with Gasteiger partial charge in [-0.3, -0.25) is 4.79 Å². The molecule has 4 heteroatoms. The molecule has 0 radical (unpaired) electrons. The van der Waals surface area contributed by atoms with Crippen LogP contribution in [-0.4, -0.2) is 19.0 Å². The molecule has 1 unspecified atom stereocenters. The van der Waals surface area contributed by atoms with Crippen molar-refractivity contribution in [3.63, 3.8) is 0 Å². The Balaban J connectivity index is 1.78.